The van der Waals surface area contributed by atoms with Crippen LogP contribution in [0, 0.1) is 0 Å². The van der Waals surface area contributed by atoms with Crippen molar-refractivity contribution in [2.24, 2.45) is 4.99 Å². The van der Waals surface area contributed by atoms with Crippen LogP contribution in [0.15, 0.2) is 58.4 Å². The second kappa shape index (κ2) is 9.40. The van der Waals surface area contributed by atoms with Crippen molar-refractivity contribution in [3.05, 3.63) is 65.2 Å². The number of aryl methyl sites for hydroxylation is 1. The van der Waals surface area contributed by atoms with E-state index in [2.05, 4.69) is 51.1 Å². The Morgan fingerprint density at radius 2 is 1.83 bits per heavy atom. The summed E-state index contributed by atoms with van der Waals surface area (Å²) in [5.41, 5.74) is 2.97. The average molecular weight is 429 g/mol. The van der Waals surface area contributed by atoms with E-state index in [9.17, 15) is 13.2 Å². The van der Waals surface area contributed by atoms with Crippen LogP contribution in [0.4, 0.5) is 0 Å². The first-order chi connectivity index (χ1) is 14.3. The van der Waals surface area contributed by atoms with E-state index in [-0.39, 0.29) is 29.8 Å². The number of nitrogens with zero attached hydrogens (tertiary/aromatic N) is 2. The molecule has 0 spiro atoms. The van der Waals surface area contributed by atoms with Gasteiger partial charge in [-0.25, -0.2) is 8.42 Å². The summed E-state index contributed by atoms with van der Waals surface area (Å²) in [4.78, 5) is 18.9. The van der Waals surface area contributed by atoms with Crippen molar-refractivity contribution >= 4 is 21.8 Å². The summed E-state index contributed by atoms with van der Waals surface area (Å²) in [7, 11) is 0.414. The highest BCUT2D eigenvalue weighted by atomic mass is 32.2. The highest BCUT2D eigenvalue weighted by Crippen LogP contribution is 2.22. The molecule has 1 heterocycles. The Hall–Kier alpha value is -2.71. The van der Waals surface area contributed by atoms with E-state index < -0.39 is 10.0 Å². The average Bonchev–Trinajstić information content (AvgIpc) is 2.99. The van der Waals surface area contributed by atoms with Crippen LogP contribution in [0.3, 0.4) is 0 Å². The summed E-state index contributed by atoms with van der Waals surface area (Å²) in [6.07, 6.45) is 1.18. The molecule has 2 N–H and O–H groups in total. The number of sulfonamides is 1. The molecule has 1 aliphatic heterocycles. The molecule has 30 heavy (non-hydrogen) atoms. The molecule has 0 saturated heterocycles. The lowest BCUT2D eigenvalue weighted by atomic mass is 10.0. The molecule has 0 fully saturated rings. The molecule has 0 radical (unpaired) electrons. The number of amidine groups is 1. The first-order valence-corrected chi connectivity index (χ1v) is 11.5. The summed E-state index contributed by atoms with van der Waals surface area (Å²) >= 11 is 0. The Morgan fingerprint density at radius 1 is 1.13 bits per heavy atom. The lowest BCUT2D eigenvalue weighted by Gasteiger charge is -2.25. The van der Waals surface area contributed by atoms with E-state index in [4.69, 9.17) is 0 Å². The van der Waals surface area contributed by atoms with E-state index >= 15 is 0 Å². The molecule has 1 aliphatic rings. The Morgan fingerprint density at radius 3 is 2.50 bits per heavy atom. The first kappa shape index (κ1) is 22.0. The summed E-state index contributed by atoms with van der Waals surface area (Å²) in [6.45, 7) is 2.82. The van der Waals surface area contributed by atoms with Crippen LogP contribution in [-0.2, 0) is 21.2 Å². The summed E-state index contributed by atoms with van der Waals surface area (Å²) in [5, 5.41) is 2.96. The number of amides is 1. The van der Waals surface area contributed by atoms with E-state index in [1.165, 1.54) is 5.56 Å². The fraction of sp³-hybridized carbons (Fsp3) is 0.364. The number of rotatable bonds is 8. The smallest absolute Gasteiger partial charge is 0.263 e. The number of benzene rings is 2. The monoisotopic (exact) mass is 428 g/mol. The first-order valence-electron chi connectivity index (χ1n) is 10.0. The third-order valence-corrected chi connectivity index (χ3v) is 6.56. The topological polar surface area (TPSA) is 90.9 Å². The van der Waals surface area contributed by atoms with Crippen molar-refractivity contribution < 1.29 is 13.2 Å². The molecule has 3 rings (SSSR count). The maximum atomic E-state index is 12.3. The third kappa shape index (κ3) is 5.06. The maximum Gasteiger partial charge on any atom is 0.263 e. The highest BCUT2D eigenvalue weighted by Gasteiger charge is 2.29. The Balaban J connectivity index is 1.56. The summed E-state index contributed by atoms with van der Waals surface area (Å²) in [6, 6.07) is 15.2. The predicted octanol–water partition coefficient (Wildman–Crippen LogP) is 2.10. The van der Waals surface area contributed by atoms with Crippen LogP contribution in [-0.4, -0.2) is 52.2 Å². The van der Waals surface area contributed by atoms with Crippen LogP contribution in [0.5, 0.6) is 0 Å². The number of carbonyl (C=O) groups excluding carboxylic acids is 1. The third-order valence-electron chi connectivity index (χ3n) is 5.16. The molecular weight excluding hydrogens is 400 g/mol. The SMILES string of the molecule is CCc1ccc([C@@H](CNC(=O)CCN=C2NS(=O)(=O)c3ccccc32)N(C)C)cc1. The summed E-state index contributed by atoms with van der Waals surface area (Å²) < 4.78 is 26.7. The number of nitrogens with one attached hydrogen (secondary N) is 2. The number of likely N-dealkylation sites (N-methyl/N-ethyl adjacent to an activating group) is 1. The minimum atomic E-state index is -3.56. The molecule has 8 heteroatoms. The number of fused-ring (bicyclic) bond motifs is 1. The van der Waals surface area contributed by atoms with Gasteiger partial charge in [0, 0.05) is 18.5 Å². The van der Waals surface area contributed by atoms with Gasteiger partial charge in [0.2, 0.25) is 5.91 Å². The predicted molar refractivity (Wildman–Crippen MR) is 118 cm³/mol. The lowest BCUT2D eigenvalue weighted by Crippen LogP contribution is -2.34. The van der Waals surface area contributed by atoms with Crippen LogP contribution in [0.1, 0.15) is 36.1 Å². The second-order valence-corrected chi connectivity index (χ2v) is 9.11. The van der Waals surface area contributed by atoms with Crippen molar-refractivity contribution in [3.63, 3.8) is 0 Å². The van der Waals surface area contributed by atoms with Gasteiger partial charge in [-0.05, 0) is 43.8 Å². The van der Waals surface area contributed by atoms with Gasteiger partial charge in [-0.1, -0.05) is 43.3 Å². The Bertz CT molecular complexity index is 1030. The van der Waals surface area contributed by atoms with Crippen molar-refractivity contribution in [2.45, 2.75) is 30.7 Å². The molecule has 0 unspecified atom stereocenters. The van der Waals surface area contributed by atoms with E-state index in [1.54, 1.807) is 24.3 Å². The van der Waals surface area contributed by atoms with E-state index in [0.29, 0.717) is 17.9 Å². The van der Waals surface area contributed by atoms with Gasteiger partial charge in [-0.3, -0.25) is 14.5 Å². The maximum absolute atomic E-state index is 12.3. The van der Waals surface area contributed by atoms with E-state index in [0.717, 1.165) is 12.0 Å². The number of hydrogen-bond donors (Lipinski definition) is 2. The molecular formula is C22H28N4O3S. The molecule has 7 nitrogen and oxygen atoms in total. The second-order valence-electron chi connectivity index (χ2n) is 7.46. The fourth-order valence-corrected chi connectivity index (χ4v) is 4.64. The Kier molecular flexibility index (Phi) is 6.89. The van der Waals surface area contributed by atoms with Crippen LogP contribution in [0.2, 0.25) is 0 Å². The lowest BCUT2D eigenvalue weighted by molar-refractivity contribution is -0.121. The molecule has 0 bridgehead atoms. The normalized spacial score (nSPS) is 16.9. The van der Waals surface area contributed by atoms with Gasteiger partial charge in [0.15, 0.2) is 0 Å². The molecule has 2 aromatic carbocycles. The standard InChI is InChI=1S/C22H28N4O3S/c1-4-16-9-11-17(12-10-16)19(26(2)3)15-24-21(27)13-14-23-22-18-7-5-6-8-20(18)30(28,29)25-22/h5-12,19H,4,13-15H2,1-3H3,(H,23,25)(H,24,27)/t19-/m1/s1. The van der Waals surface area contributed by atoms with Gasteiger partial charge in [0.1, 0.15) is 5.84 Å². The van der Waals surface area contributed by atoms with Gasteiger partial charge in [0.25, 0.3) is 10.0 Å². The fourth-order valence-electron chi connectivity index (χ4n) is 3.39. The zero-order valence-electron chi connectivity index (χ0n) is 17.6. The zero-order chi connectivity index (χ0) is 21.7. The van der Waals surface area contributed by atoms with Gasteiger partial charge < -0.3 is 10.2 Å². The quantitative estimate of drug-likeness (QED) is 0.674. The summed E-state index contributed by atoms with van der Waals surface area (Å²) in [5.74, 6) is 0.172. The van der Waals surface area contributed by atoms with E-state index in [1.807, 2.05) is 14.1 Å². The zero-order valence-corrected chi connectivity index (χ0v) is 18.4. The van der Waals surface area contributed by atoms with Gasteiger partial charge >= 0.3 is 0 Å². The highest BCUT2D eigenvalue weighted by molar-refractivity contribution is 7.90. The number of hydrogen-bond acceptors (Lipinski definition) is 5. The molecule has 1 atom stereocenters. The van der Waals surface area contributed by atoms with Crippen molar-refractivity contribution in [1.82, 2.24) is 14.9 Å². The van der Waals surface area contributed by atoms with Crippen LogP contribution < -0.4 is 10.0 Å². The molecule has 2 aromatic rings. The molecule has 1 amide bonds. The van der Waals surface area contributed by atoms with Crippen LogP contribution in [0.25, 0.3) is 0 Å². The largest absolute Gasteiger partial charge is 0.354 e. The minimum Gasteiger partial charge on any atom is -0.354 e. The van der Waals surface area contributed by atoms with Gasteiger partial charge in [-0.15, -0.1) is 0 Å². The number of aliphatic imine (C=N–C) groups is 1. The van der Waals surface area contributed by atoms with Crippen molar-refractivity contribution in [1.29, 1.82) is 0 Å². The molecule has 0 saturated carbocycles. The molecule has 0 aromatic heterocycles. The van der Waals surface area contributed by atoms with Crippen molar-refractivity contribution in [2.75, 3.05) is 27.2 Å². The van der Waals surface area contributed by atoms with Crippen LogP contribution >= 0.6 is 0 Å². The van der Waals surface area contributed by atoms with Gasteiger partial charge in [0.05, 0.1) is 17.5 Å². The van der Waals surface area contributed by atoms with Crippen molar-refractivity contribution in [3.8, 4) is 0 Å². The number of carbonyl (C=O) groups is 1. The Labute approximate surface area is 178 Å². The van der Waals surface area contributed by atoms with Gasteiger partial charge in [-0.2, -0.15) is 0 Å². The molecule has 160 valence electrons. The molecule has 0 aliphatic carbocycles. The minimum absolute atomic E-state index is 0.0692.